The van der Waals surface area contributed by atoms with Crippen LogP contribution in [0.2, 0.25) is 0 Å². The van der Waals surface area contributed by atoms with E-state index in [4.69, 9.17) is 28.4 Å². The fourth-order valence-corrected chi connectivity index (χ4v) is 2.08. The summed E-state index contributed by atoms with van der Waals surface area (Å²) in [5.41, 5.74) is 0. The van der Waals surface area contributed by atoms with Crippen molar-refractivity contribution in [3.63, 3.8) is 0 Å². The van der Waals surface area contributed by atoms with Gasteiger partial charge in [0.05, 0.1) is 51.8 Å². The Balaban J connectivity index is 0. The molecule has 0 aromatic heterocycles. The molecule has 172 valence electrons. The van der Waals surface area contributed by atoms with Crippen molar-refractivity contribution in [3.05, 3.63) is 0 Å². The molecule has 0 heterocycles. The standard InChI is InChI=1S/2C11H24O3/c1-4-6-7-14-11(5-2)10-13-9-8-12-3;1-4-6-7-13-10-11(5-2)14-9-8-12-3/h2*11H,4-10H2,1-3H3. The second kappa shape index (κ2) is 26.8. The van der Waals surface area contributed by atoms with Gasteiger partial charge in [0, 0.05) is 27.4 Å². The van der Waals surface area contributed by atoms with E-state index in [9.17, 15) is 0 Å². The molecule has 0 N–H and O–H groups in total. The fourth-order valence-electron chi connectivity index (χ4n) is 2.08. The predicted octanol–water partition coefficient (Wildman–Crippen LogP) is 4.49. The molecule has 0 aromatic carbocycles. The van der Waals surface area contributed by atoms with Gasteiger partial charge < -0.3 is 28.4 Å². The maximum absolute atomic E-state index is 5.65. The summed E-state index contributed by atoms with van der Waals surface area (Å²) in [5, 5.41) is 0. The van der Waals surface area contributed by atoms with E-state index in [1.165, 1.54) is 12.8 Å². The Bertz CT molecular complexity index is 239. The quantitative estimate of drug-likeness (QED) is 0.277. The molecule has 0 aromatic rings. The lowest BCUT2D eigenvalue weighted by Gasteiger charge is -2.15. The van der Waals surface area contributed by atoms with E-state index in [0.717, 1.165) is 38.9 Å². The third kappa shape index (κ3) is 23.8. The molecule has 28 heavy (non-hydrogen) atoms. The third-order valence-electron chi connectivity index (χ3n) is 4.08. The van der Waals surface area contributed by atoms with Crippen LogP contribution in [0, 0.1) is 0 Å². The van der Waals surface area contributed by atoms with Crippen LogP contribution in [-0.4, -0.2) is 79.3 Å². The third-order valence-corrected chi connectivity index (χ3v) is 4.08. The van der Waals surface area contributed by atoms with Crippen molar-refractivity contribution in [1.82, 2.24) is 0 Å². The average molecular weight is 409 g/mol. The van der Waals surface area contributed by atoms with Gasteiger partial charge in [-0.15, -0.1) is 0 Å². The highest BCUT2D eigenvalue weighted by Gasteiger charge is 2.06. The van der Waals surface area contributed by atoms with Gasteiger partial charge in [0.15, 0.2) is 0 Å². The van der Waals surface area contributed by atoms with Gasteiger partial charge in [0.2, 0.25) is 0 Å². The van der Waals surface area contributed by atoms with Gasteiger partial charge in [-0.05, 0) is 25.7 Å². The Hall–Kier alpha value is -0.240. The first-order valence-electron chi connectivity index (χ1n) is 11.1. The van der Waals surface area contributed by atoms with Gasteiger partial charge in [0.1, 0.15) is 0 Å². The first kappa shape index (κ1) is 30.0. The largest absolute Gasteiger partial charge is 0.382 e. The Kier molecular flexibility index (Phi) is 28.6. The lowest BCUT2D eigenvalue weighted by atomic mass is 10.3. The van der Waals surface area contributed by atoms with E-state index in [1.807, 2.05) is 0 Å². The fraction of sp³-hybridized carbons (Fsp3) is 1.00. The van der Waals surface area contributed by atoms with E-state index in [2.05, 4.69) is 27.7 Å². The summed E-state index contributed by atoms with van der Waals surface area (Å²) in [7, 11) is 3.36. The number of unbranched alkanes of at least 4 members (excludes halogenated alkanes) is 2. The molecule has 0 aliphatic heterocycles. The summed E-state index contributed by atoms with van der Waals surface area (Å²) < 4.78 is 31.9. The number of rotatable bonds is 20. The Morgan fingerprint density at radius 2 is 1.00 bits per heavy atom. The van der Waals surface area contributed by atoms with Crippen LogP contribution in [0.4, 0.5) is 0 Å². The lowest BCUT2D eigenvalue weighted by Crippen LogP contribution is -2.21. The lowest BCUT2D eigenvalue weighted by molar-refractivity contribution is -0.0342. The second-order valence-electron chi connectivity index (χ2n) is 6.64. The zero-order valence-electron chi connectivity index (χ0n) is 19.5. The van der Waals surface area contributed by atoms with Crippen molar-refractivity contribution in [1.29, 1.82) is 0 Å². The van der Waals surface area contributed by atoms with Gasteiger partial charge in [-0.3, -0.25) is 0 Å². The smallest absolute Gasteiger partial charge is 0.0807 e. The molecule has 0 saturated heterocycles. The first-order valence-corrected chi connectivity index (χ1v) is 11.1. The minimum atomic E-state index is 0.224. The predicted molar refractivity (Wildman–Crippen MR) is 115 cm³/mol. The summed E-state index contributed by atoms with van der Waals surface area (Å²) in [6, 6.07) is 0. The zero-order chi connectivity index (χ0) is 21.3. The Morgan fingerprint density at radius 3 is 1.50 bits per heavy atom. The summed E-state index contributed by atoms with van der Waals surface area (Å²) in [6.07, 6.45) is 7.11. The van der Waals surface area contributed by atoms with Crippen LogP contribution in [0.1, 0.15) is 66.2 Å². The van der Waals surface area contributed by atoms with Crippen LogP contribution < -0.4 is 0 Å². The topological polar surface area (TPSA) is 55.4 Å². The van der Waals surface area contributed by atoms with Crippen LogP contribution in [0.15, 0.2) is 0 Å². The maximum Gasteiger partial charge on any atom is 0.0807 e. The summed E-state index contributed by atoms with van der Waals surface area (Å²) in [6.45, 7) is 14.3. The summed E-state index contributed by atoms with van der Waals surface area (Å²) in [5.74, 6) is 0. The molecule has 2 atom stereocenters. The molecule has 0 radical (unpaired) electrons. The zero-order valence-corrected chi connectivity index (χ0v) is 19.5. The number of hydrogen-bond acceptors (Lipinski definition) is 6. The van der Waals surface area contributed by atoms with Gasteiger partial charge in [0.25, 0.3) is 0 Å². The molecule has 6 nitrogen and oxygen atoms in total. The van der Waals surface area contributed by atoms with Crippen molar-refractivity contribution < 1.29 is 28.4 Å². The molecular weight excluding hydrogens is 360 g/mol. The van der Waals surface area contributed by atoms with Crippen LogP contribution in [-0.2, 0) is 28.4 Å². The normalized spacial score (nSPS) is 13.1. The van der Waals surface area contributed by atoms with Crippen molar-refractivity contribution in [2.24, 2.45) is 0 Å². The molecular formula is C22H48O6. The highest BCUT2D eigenvalue weighted by atomic mass is 16.6. The van der Waals surface area contributed by atoms with Crippen LogP contribution in [0.5, 0.6) is 0 Å². The van der Waals surface area contributed by atoms with Gasteiger partial charge in [-0.1, -0.05) is 40.5 Å². The molecule has 0 fully saturated rings. The summed E-state index contributed by atoms with van der Waals surface area (Å²) in [4.78, 5) is 0. The van der Waals surface area contributed by atoms with Crippen LogP contribution >= 0.6 is 0 Å². The number of methoxy groups -OCH3 is 2. The first-order chi connectivity index (χ1) is 13.7. The minimum Gasteiger partial charge on any atom is -0.382 e. The molecule has 0 aliphatic rings. The molecule has 0 bridgehead atoms. The van der Waals surface area contributed by atoms with Crippen LogP contribution in [0.25, 0.3) is 0 Å². The Morgan fingerprint density at radius 1 is 0.536 bits per heavy atom. The molecule has 0 rings (SSSR count). The number of hydrogen-bond donors (Lipinski definition) is 0. The second-order valence-corrected chi connectivity index (χ2v) is 6.64. The molecule has 6 heteroatoms. The molecule has 0 spiro atoms. The minimum absolute atomic E-state index is 0.224. The van der Waals surface area contributed by atoms with Gasteiger partial charge >= 0.3 is 0 Å². The SMILES string of the molecule is CCCCOC(CC)COCCOC.CCCCOCC(CC)OCCOC. The highest BCUT2D eigenvalue weighted by Crippen LogP contribution is 2.01. The van der Waals surface area contributed by atoms with E-state index in [-0.39, 0.29) is 12.2 Å². The maximum atomic E-state index is 5.65. The Labute approximate surface area is 174 Å². The van der Waals surface area contributed by atoms with E-state index >= 15 is 0 Å². The highest BCUT2D eigenvalue weighted by molar-refractivity contribution is 4.54. The van der Waals surface area contributed by atoms with Crippen molar-refractivity contribution in [2.75, 3.05) is 67.1 Å². The van der Waals surface area contributed by atoms with E-state index < -0.39 is 0 Å². The molecule has 0 amide bonds. The van der Waals surface area contributed by atoms with Crippen LogP contribution in [0.3, 0.4) is 0 Å². The molecule has 0 saturated carbocycles. The van der Waals surface area contributed by atoms with E-state index in [0.29, 0.717) is 39.6 Å². The van der Waals surface area contributed by atoms with Crippen molar-refractivity contribution >= 4 is 0 Å². The average Bonchev–Trinajstić information content (AvgIpc) is 2.72. The van der Waals surface area contributed by atoms with Gasteiger partial charge in [-0.25, -0.2) is 0 Å². The van der Waals surface area contributed by atoms with Crippen molar-refractivity contribution in [3.8, 4) is 0 Å². The summed E-state index contributed by atoms with van der Waals surface area (Å²) >= 11 is 0. The van der Waals surface area contributed by atoms with Crippen molar-refractivity contribution in [2.45, 2.75) is 78.4 Å². The van der Waals surface area contributed by atoms with E-state index in [1.54, 1.807) is 14.2 Å². The molecule has 0 aliphatic carbocycles. The monoisotopic (exact) mass is 408 g/mol. The van der Waals surface area contributed by atoms with Gasteiger partial charge in [-0.2, -0.15) is 0 Å². The molecule has 2 unspecified atom stereocenters. The number of ether oxygens (including phenoxy) is 6.